The van der Waals surface area contributed by atoms with Crippen molar-refractivity contribution in [3.63, 3.8) is 0 Å². The third kappa shape index (κ3) is 4.53. The predicted molar refractivity (Wildman–Crippen MR) is 206 cm³/mol. The van der Waals surface area contributed by atoms with Crippen molar-refractivity contribution in [3.8, 4) is 34.2 Å². The maximum absolute atomic E-state index is 5.14. The fraction of sp³-hybridized carbons (Fsp3) is 0.0227. The van der Waals surface area contributed by atoms with E-state index in [4.69, 9.17) is 15.0 Å². The van der Waals surface area contributed by atoms with Crippen LogP contribution in [0.1, 0.15) is 17.4 Å². The minimum atomic E-state index is 0.650. The highest BCUT2D eigenvalue weighted by atomic mass is 32.1. The number of aromatic nitrogens is 3. The van der Waals surface area contributed by atoms with E-state index in [0.29, 0.717) is 17.5 Å². The summed E-state index contributed by atoms with van der Waals surface area (Å²) in [5.74, 6) is 1.96. The maximum Gasteiger partial charge on any atom is 0.165 e. The van der Waals surface area contributed by atoms with Crippen molar-refractivity contribution in [1.82, 2.24) is 15.0 Å². The molecule has 0 fully saturated rings. The van der Waals surface area contributed by atoms with Gasteiger partial charge in [-0.3, -0.25) is 0 Å². The molecule has 0 aliphatic heterocycles. The predicted octanol–water partition coefficient (Wildman–Crippen LogP) is 12.4. The number of hydrogen-bond acceptors (Lipinski definition) is 4. The van der Waals surface area contributed by atoms with Crippen LogP contribution in [0, 0.1) is 0 Å². The molecule has 48 heavy (non-hydrogen) atoms. The summed E-state index contributed by atoms with van der Waals surface area (Å²) in [5.41, 5.74) is 4.03. The summed E-state index contributed by atoms with van der Waals surface area (Å²) in [6.45, 7) is 6.15. The van der Waals surface area contributed by atoms with Gasteiger partial charge in [0.25, 0.3) is 0 Å². The average Bonchev–Trinajstić information content (AvgIpc) is 3.51. The molecule has 0 aliphatic carbocycles. The summed E-state index contributed by atoms with van der Waals surface area (Å²) in [5, 5.41) is 11.1. The quantitative estimate of drug-likeness (QED) is 0.177. The van der Waals surface area contributed by atoms with Gasteiger partial charge in [-0.25, -0.2) is 15.0 Å². The minimum absolute atomic E-state index is 0.650. The molecule has 0 saturated carbocycles. The molecule has 0 saturated heterocycles. The lowest BCUT2D eigenvalue weighted by Crippen LogP contribution is -2.00. The van der Waals surface area contributed by atoms with Crippen LogP contribution >= 0.6 is 11.3 Å². The average molecular weight is 632 g/mol. The number of allylic oxidation sites excluding steroid dienone is 1. The van der Waals surface area contributed by atoms with Crippen LogP contribution in [-0.2, 0) is 0 Å². The SMILES string of the molecule is C=Cc1c(/C=C\C)sc2c(-c3nc(-c4ccccc4)nc(-c4ccc5c(ccc6c5ccc5c7ccccc7ccc56)c4)n3)cccc12. The second-order valence-electron chi connectivity index (χ2n) is 12.0. The molecule has 2 heterocycles. The topological polar surface area (TPSA) is 38.7 Å². The molecule has 226 valence electrons. The summed E-state index contributed by atoms with van der Waals surface area (Å²) in [7, 11) is 0. The first-order valence-corrected chi connectivity index (χ1v) is 16.9. The van der Waals surface area contributed by atoms with Gasteiger partial charge in [-0.15, -0.1) is 11.3 Å². The van der Waals surface area contributed by atoms with E-state index in [9.17, 15) is 0 Å². The minimum Gasteiger partial charge on any atom is -0.208 e. The number of thiophene rings is 1. The third-order valence-electron chi connectivity index (χ3n) is 9.21. The Balaban J connectivity index is 1.23. The van der Waals surface area contributed by atoms with Crippen molar-refractivity contribution in [3.05, 3.63) is 150 Å². The van der Waals surface area contributed by atoms with Crippen molar-refractivity contribution in [2.75, 3.05) is 0 Å². The van der Waals surface area contributed by atoms with Gasteiger partial charge in [-0.05, 0) is 73.8 Å². The molecule has 9 aromatic rings. The zero-order valence-electron chi connectivity index (χ0n) is 26.3. The van der Waals surface area contributed by atoms with E-state index in [1.54, 1.807) is 11.3 Å². The first-order valence-electron chi connectivity index (χ1n) is 16.1. The summed E-state index contributed by atoms with van der Waals surface area (Å²) >= 11 is 1.74. The fourth-order valence-electron chi connectivity index (χ4n) is 6.94. The van der Waals surface area contributed by atoms with E-state index in [0.717, 1.165) is 37.7 Å². The Morgan fingerprint density at radius 1 is 0.521 bits per heavy atom. The van der Waals surface area contributed by atoms with Gasteiger partial charge in [0.2, 0.25) is 0 Å². The molecule has 0 amide bonds. The normalized spacial score (nSPS) is 11.9. The van der Waals surface area contributed by atoms with Gasteiger partial charge in [-0.2, -0.15) is 0 Å². The van der Waals surface area contributed by atoms with E-state index in [1.807, 2.05) is 31.2 Å². The Morgan fingerprint density at radius 2 is 1.12 bits per heavy atom. The lowest BCUT2D eigenvalue weighted by atomic mass is 9.94. The Morgan fingerprint density at radius 3 is 1.90 bits per heavy atom. The second-order valence-corrected chi connectivity index (χ2v) is 13.0. The Bertz CT molecular complexity index is 2760. The monoisotopic (exact) mass is 631 g/mol. The number of hydrogen-bond donors (Lipinski definition) is 0. The Hall–Kier alpha value is -5.97. The highest BCUT2D eigenvalue weighted by molar-refractivity contribution is 7.20. The van der Waals surface area contributed by atoms with Crippen LogP contribution in [0.4, 0.5) is 0 Å². The van der Waals surface area contributed by atoms with E-state index >= 15 is 0 Å². The van der Waals surface area contributed by atoms with Gasteiger partial charge < -0.3 is 0 Å². The maximum atomic E-state index is 5.14. The molecule has 7 aromatic carbocycles. The van der Waals surface area contributed by atoms with Gasteiger partial charge in [0, 0.05) is 31.7 Å². The van der Waals surface area contributed by atoms with Crippen LogP contribution in [0.3, 0.4) is 0 Å². The molecule has 0 bridgehead atoms. The van der Waals surface area contributed by atoms with E-state index < -0.39 is 0 Å². The van der Waals surface area contributed by atoms with Crippen molar-refractivity contribution >= 4 is 76.7 Å². The number of benzene rings is 7. The number of nitrogens with zero attached hydrogens (tertiary/aromatic N) is 3. The molecule has 4 heteroatoms. The van der Waals surface area contributed by atoms with Gasteiger partial charge in [-0.1, -0.05) is 134 Å². The van der Waals surface area contributed by atoms with E-state index in [1.165, 1.54) is 42.6 Å². The first kappa shape index (κ1) is 28.3. The summed E-state index contributed by atoms with van der Waals surface area (Å²) in [6, 6.07) is 45.2. The lowest BCUT2D eigenvalue weighted by Gasteiger charge is -2.12. The first-order chi connectivity index (χ1) is 23.7. The van der Waals surface area contributed by atoms with Crippen LogP contribution in [0.15, 0.2) is 140 Å². The molecule has 0 spiro atoms. The van der Waals surface area contributed by atoms with Crippen LogP contribution in [0.2, 0.25) is 0 Å². The zero-order valence-corrected chi connectivity index (χ0v) is 27.1. The Kier molecular flexibility index (Phi) is 6.70. The van der Waals surface area contributed by atoms with Crippen LogP contribution < -0.4 is 0 Å². The van der Waals surface area contributed by atoms with Crippen LogP contribution in [-0.4, -0.2) is 15.0 Å². The molecule has 0 N–H and O–H groups in total. The summed E-state index contributed by atoms with van der Waals surface area (Å²) in [6.07, 6.45) is 6.15. The van der Waals surface area contributed by atoms with Crippen LogP contribution in [0.5, 0.6) is 0 Å². The molecule has 2 aromatic heterocycles. The highest BCUT2D eigenvalue weighted by Crippen LogP contribution is 2.40. The lowest BCUT2D eigenvalue weighted by molar-refractivity contribution is 1.08. The number of fused-ring (bicyclic) bond motifs is 8. The van der Waals surface area contributed by atoms with E-state index in [2.05, 4.69) is 128 Å². The molecular formula is C44H29N3S. The van der Waals surface area contributed by atoms with Crippen molar-refractivity contribution in [1.29, 1.82) is 0 Å². The van der Waals surface area contributed by atoms with Crippen molar-refractivity contribution < 1.29 is 0 Å². The van der Waals surface area contributed by atoms with Gasteiger partial charge >= 0.3 is 0 Å². The fourth-order valence-corrected chi connectivity index (χ4v) is 8.23. The van der Waals surface area contributed by atoms with Gasteiger partial charge in [0.15, 0.2) is 17.5 Å². The molecule has 0 aliphatic rings. The molecular weight excluding hydrogens is 603 g/mol. The molecule has 0 unspecified atom stereocenters. The molecule has 9 rings (SSSR count). The molecule has 0 radical (unpaired) electrons. The Labute approximate surface area is 282 Å². The third-order valence-corrected chi connectivity index (χ3v) is 10.4. The summed E-state index contributed by atoms with van der Waals surface area (Å²) < 4.78 is 1.14. The number of rotatable bonds is 5. The van der Waals surface area contributed by atoms with Crippen molar-refractivity contribution in [2.45, 2.75) is 6.92 Å². The largest absolute Gasteiger partial charge is 0.208 e. The molecule has 3 nitrogen and oxygen atoms in total. The summed E-state index contributed by atoms with van der Waals surface area (Å²) in [4.78, 5) is 16.4. The van der Waals surface area contributed by atoms with Crippen molar-refractivity contribution in [2.24, 2.45) is 0 Å². The second kappa shape index (κ2) is 11.4. The van der Waals surface area contributed by atoms with Gasteiger partial charge in [0.05, 0.1) is 0 Å². The molecule has 0 atom stereocenters. The standard InChI is InChI=1S/C44H29N3S/c1-3-11-40-31(4-2)38-16-10-17-39(41(38)48-40)44-46-42(28-13-6-5-7-14-28)45-43(47-44)30-20-21-33-29(26-30)19-23-37-35(33)25-24-34-32-15-9-8-12-27(32)18-22-36(34)37/h3-26H,2H2,1H3/b11-3-. The highest BCUT2D eigenvalue weighted by Gasteiger charge is 2.18. The van der Waals surface area contributed by atoms with Crippen LogP contribution in [0.25, 0.3) is 99.5 Å². The zero-order chi connectivity index (χ0) is 32.2. The van der Waals surface area contributed by atoms with E-state index in [-0.39, 0.29) is 0 Å². The van der Waals surface area contributed by atoms with Gasteiger partial charge in [0.1, 0.15) is 0 Å². The smallest absolute Gasteiger partial charge is 0.165 e.